The molecule has 0 aromatic heterocycles. The van der Waals surface area contributed by atoms with Crippen LogP contribution in [0.25, 0.3) is 10.8 Å². The molecule has 1 amide bonds. The van der Waals surface area contributed by atoms with Crippen molar-refractivity contribution in [2.45, 2.75) is 69.1 Å². The van der Waals surface area contributed by atoms with Gasteiger partial charge in [-0.3, -0.25) is 27.8 Å². The van der Waals surface area contributed by atoms with Crippen molar-refractivity contribution < 1.29 is 71.2 Å². The molecule has 6 rings (SSSR count). The van der Waals surface area contributed by atoms with Crippen LogP contribution >= 0.6 is 0 Å². The molecule has 2 heterocycles. The Morgan fingerprint density at radius 2 is 1.42 bits per heavy atom. The van der Waals surface area contributed by atoms with Crippen molar-refractivity contribution in [2.75, 3.05) is 41.8 Å². The highest BCUT2D eigenvalue weighted by Gasteiger charge is 2.50. The summed E-state index contributed by atoms with van der Waals surface area (Å²) in [5.74, 6) is -4.56. The minimum absolute atomic E-state index is 0.0162. The molecule has 356 valence electrons. The standard InChI is InChI=1S/C44H51N3O15S4/c1-42(2)34-26-32(66(60,61)62)14-16-35(34)46(20-7-22-63(51,52)53)37(42)17-11-29-25-30(28-44(27-29,41(49)50)40(48)45-19-24-65(57,58)59)12-18-38-43(3,4)39-33-10-6-5-9-31(33)13-15-36(39)47(38)21-8-23-64(54,55)56/h5-6,9-18,25-26H,7-8,19-24,27-28H2,1-4H3,(H5-,45,48,49,50,51,52,53,54,55,56,57,58,59,60,61,62)/p+1. The molecule has 0 bridgehead atoms. The highest BCUT2D eigenvalue weighted by Crippen LogP contribution is 2.51. The highest BCUT2D eigenvalue weighted by atomic mass is 32.2. The fourth-order valence-electron chi connectivity index (χ4n) is 9.20. The summed E-state index contributed by atoms with van der Waals surface area (Å²) < 4.78 is 134. The first-order valence-electron chi connectivity index (χ1n) is 20.7. The summed E-state index contributed by atoms with van der Waals surface area (Å²) in [6, 6.07) is 15.5. The number of rotatable bonds is 17. The van der Waals surface area contributed by atoms with Crippen molar-refractivity contribution in [1.82, 2.24) is 5.32 Å². The normalized spacial score (nSPS) is 20.8. The SMILES string of the molecule is CC1(C)C(/C=C/C2=CC(=C/C=C3/N(CCCS(=O)(=O)O)c4ccc5ccccc5c4C3(C)C)/CC(C(=O)O)(C(=O)NCCS(=O)(=O)O)C2)=[N+](CCCS(=O)(=O)O)c2ccc(S(=O)(=O)O)cc21. The summed E-state index contributed by atoms with van der Waals surface area (Å²) in [5, 5.41) is 15.1. The molecule has 2 aliphatic heterocycles. The largest absolute Gasteiger partial charge is 0.480 e. The Morgan fingerprint density at radius 3 is 2.06 bits per heavy atom. The predicted octanol–water partition coefficient (Wildman–Crippen LogP) is 4.98. The molecule has 1 aliphatic carbocycles. The van der Waals surface area contributed by atoms with E-state index in [1.54, 1.807) is 48.8 Å². The lowest BCUT2D eigenvalue weighted by molar-refractivity contribution is -0.437. The minimum atomic E-state index is -4.64. The smallest absolute Gasteiger partial charge is 0.319 e. The number of fused-ring (bicyclic) bond motifs is 4. The van der Waals surface area contributed by atoms with Gasteiger partial charge in [-0.2, -0.15) is 38.2 Å². The third-order valence-electron chi connectivity index (χ3n) is 12.3. The van der Waals surface area contributed by atoms with Crippen LogP contribution in [0.4, 0.5) is 11.4 Å². The van der Waals surface area contributed by atoms with E-state index in [1.807, 2.05) is 55.1 Å². The maximum atomic E-state index is 14.0. The van der Waals surface area contributed by atoms with Gasteiger partial charge in [0.2, 0.25) is 11.6 Å². The number of carbonyl (C=O) groups excluding carboxylic acids is 1. The van der Waals surface area contributed by atoms with E-state index in [1.165, 1.54) is 18.2 Å². The number of carboxylic acids is 1. The van der Waals surface area contributed by atoms with E-state index >= 15 is 0 Å². The Kier molecular flexibility index (Phi) is 13.9. The number of amides is 1. The molecule has 0 fully saturated rings. The minimum Gasteiger partial charge on any atom is -0.480 e. The Labute approximate surface area is 384 Å². The number of hydrogen-bond acceptors (Lipinski definition) is 11. The van der Waals surface area contributed by atoms with Crippen molar-refractivity contribution in [3.05, 3.63) is 113 Å². The first kappa shape index (κ1) is 50.3. The summed E-state index contributed by atoms with van der Waals surface area (Å²) in [6.45, 7) is 7.07. The molecule has 1 atom stereocenters. The summed E-state index contributed by atoms with van der Waals surface area (Å²) in [4.78, 5) is 28.9. The molecule has 18 nitrogen and oxygen atoms in total. The third-order valence-corrected chi connectivity index (χ3v) is 15.4. The molecule has 3 aromatic carbocycles. The first-order valence-corrected chi connectivity index (χ1v) is 27.0. The molecular weight excluding hydrogens is 939 g/mol. The van der Waals surface area contributed by atoms with Gasteiger partial charge in [-0.15, -0.1) is 0 Å². The molecule has 3 aromatic rings. The van der Waals surface area contributed by atoms with Crippen LogP contribution in [0.1, 0.15) is 64.5 Å². The number of nitrogens with zero attached hydrogens (tertiary/aromatic N) is 2. The second-order valence-electron chi connectivity index (χ2n) is 17.7. The molecule has 0 saturated carbocycles. The van der Waals surface area contributed by atoms with E-state index in [-0.39, 0.29) is 37.2 Å². The predicted molar refractivity (Wildman–Crippen MR) is 248 cm³/mol. The van der Waals surface area contributed by atoms with Crippen LogP contribution in [-0.2, 0) is 60.9 Å². The van der Waals surface area contributed by atoms with Gasteiger partial charge in [0.15, 0.2) is 11.1 Å². The second kappa shape index (κ2) is 18.2. The number of aliphatic carboxylic acids is 1. The van der Waals surface area contributed by atoms with E-state index in [4.69, 9.17) is 0 Å². The van der Waals surface area contributed by atoms with Crippen molar-refractivity contribution in [1.29, 1.82) is 0 Å². The van der Waals surface area contributed by atoms with Gasteiger partial charge in [0.05, 0.1) is 27.6 Å². The molecule has 6 N–H and O–H groups in total. The Balaban J connectivity index is 1.50. The monoisotopic (exact) mass is 990 g/mol. The van der Waals surface area contributed by atoms with Crippen LogP contribution in [-0.4, -0.2) is 116 Å². The van der Waals surface area contributed by atoms with Gasteiger partial charge in [0.25, 0.3) is 40.5 Å². The number of benzene rings is 3. The lowest BCUT2D eigenvalue weighted by Crippen LogP contribution is -2.49. The highest BCUT2D eigenvalue weighted by molar-refractivity contribution is 7.86. The Morgan fingerprint density at radius 1 is 0.773 bits per heavy atom. The fourth-order valence-corrected chi connectivity index (χ4v) is 11.1. The van der Waals surface area contributed by atoms with E-state index < -0.39 is 98.8 Å². The van der Waals surface area contributed by atoms with Crippen LogP contribution in [0.2, 0.25) is 0 Å². The number of carboxylic acid groups (broad SMARTS) is 1. The van der Waals surface area contributed by atoms with Crippen molar-refractivity contribution >= 4 is 80.2 Å². The van der Waals surface area contributed by atoms with Crippen molar-refractivity contribution in [3.63, 3.8) is 0 Å². The molecule has 0 spiro atoms. The summed E-state index contributed by atoms with van der Waals surface area (Å²) in [6.07, 6.45) is 7.48. The molecule has 3 aliphatic rings. The zero-order chi connectivity index (χ0) is 48.8. The maximum Gasteiger partial charge on any atom is 0.319 e. The van der Waals surface area contributed by atoms with Gasteiger partial charge >= 0.3 is 5.97 Å². The van der Waals surface area contributed by atoms with Gasteiger partial charge in [-0.1, -0.05) is 62.4 Å². The van der Waals surface area contributed by atoms with Crippen LogP contribution < -0.4 is 10.2 Å². The molecule has 66 heavy (non-hydrogen) atoms. The number of anilines is 1. The Hall–Kier alpha value is -5.07. The zero-order valence-electron chi connectivity index (χ0n) is 36.5. The summed E-state index contributed by atoms with van der Waals surface area (Å²) in [5.41, 5.74) is 0.505. The van der Waals surface area contributed by atoms with E-state index in [9.17, 15) is 66.6 Å². The van der Waals surface area contributed by atoms with Crippen LogP contribution in [0.3, 0.4) is 0 Å². The molecule has 22 heteroatoms. The molecular formula is C44H52N3O15S4+. The second-order valence-corrected chi connectivity index (χ2v) is 23.8. The average Bonchev–Trinajstić information content (AvgIpc) is 3.54. The van der Waals surface area contributed by atoms with Crippen molar-refractivity contribution in [3.8, 4) is 0 Å². The number of allylic oxidation sites excluding steroid dienone is 8. The van der Waals surface area contributed by atoms with Gasteiger partial charge in [-0.25, -0.2) is 0 Å². The molecule has 0 saturated heterocycles. The van der Waals surface area contributed by atoms with Gasteiger partial charge in [0.1, 0.15) is 6.54 Å². The maximum absolute atomic E-state index is 14.0. The van der Waals surface area contributed by atoms with Gasteiger partial charge in [0, 0.05) is 54.0 Å². The van der Waals surface area contributed by atoms with Crippen LogP contribution in [0.15, 0.2) is 107 Å². The van der Waals surface area contributed by atoms with E-state index in [0.717, 1.165) is 22.0 Å². The number of carbonyl (C=O) groups is 2. The Bertz CT molecular complexity index is 3130. The van der Waals surface area contributed by atoms with E-state index in [0.29, 0.717) is 33.8 Å². The van der Waals surface area contributed by atoms with Crippen LogP contribution in [0, 0.1) is 5.41 Å². The van der Waals surface area contributed by atoms with Crippen molar-refractivity contribution in [2.24, 2.45) is 5.41 Å². The quantitative estimate of drug-likeness (QED) is 0.0591. The summed E-state index contributed by atoms with van der Waals surface area (Å²) >= 11 is 0. The zero-order valence-corrected chi connectivity index (χ0v) is 39.8. The first-order chi connectivity index (χ1) is 30.4. The lowest BCUT2D eigenvalue weighted by Gasteiger charge is -2.33. The summed E-state index contributed by atoms with van der Waals surface area (Å²) in [7, 11) is -17.8. The topological polar surface area (TPSA) is 290 Å². The van der Waals surface area contributed by atoms with E-state index in [2.05, 4.69) is 5.32 Å². The van der Waals surface area contributed by atoms with Gasteiger partial charge in [-0.05, 0) is 84.9 Å². The number of nitrogens with one attached hydrogen (secondary N) is 1. The average molecular weight is 991 g/mol. The third kappa shape index (κ3) is 10.9. The van der Waals surface area contributed by atoms with Gasteiger partial charge < -0.3 is 15.3 Å². The number of hydrogen-bond donors (Lipinski definition) is 6. The fraction of sp³-hybridized carbons (Fsp3) is 0.386. The lowest BCUT2D eigenvalue weighted by atomic mass is 9.71. The molecule has 0 radical (unpaired) electrons. The van der Waals surface area contributed by atoms with Crippen LogP contribution in [0.5, 0.6) is 0 Å². The molecule has 1 unspecified atom stereocenters.